The van der Waals surface area contributed by atoms with E-state index in [-0.39, 0.29) is 18.6 Å². The van der Waals surface area contributed by atoms with Crippen molar-refractivity contribution < 1.29 is 31.6 Å². The molecule has 1 aromatic heterocycles. The first kappa shape index (κ1) is 28.3. The molecule has 2 rings (SSSR count). The van der Waals surface area contributed by atoms with Crippen LogP contribution in [0.5, 0.6) is 0 Å². The van der Waals surface area contributed by atoms with Crippen LogP contribution in [0.4, 0.5) is 0 Å². The molecule has 1 fully saturated rings. The van der Waals surface area contributed by atoms with Crippen LogP contribution in [0.1, 0.15) is 31.4 Å². The summed E-state index contributed by atoms with van der Waals surface area (Å²) in [6, 6.07) is 0. The molecule has 0 atom stereocenters. The van der Waals surface area contributed by atoms with Crippen molar-refractivity contribution in [3.8, 4) is 0 Å². The van der Waals surface area contributed by atoms with Crippen LogP contribution in [-0.4, -0.2) is 97.8 Å². The summed E-state index contributed by atoms with van der Waals surface area (Å²) in [6.45, 7) is 6.10. The molecule has 190 valence electrons. The molecule has 1 amide bonds. The maximum Gasteiger partial charge on any atom is 0.248 e. The quantitative estimate of drug-likeness (QED) is 0.142. The van der Waals surface area contributed by atoms with Gasteiger partial charge in [-0.2, -0.15) is 0 Å². The lowest BCUT2D eigenvalue weighted by molar-refractivity contribution is -0.138. The number of ether oxygens (including phenoxy) is 4. The SMILES string of the molecule is NOCCCOCCCn1cc(COCCOCCOCC(=O)N2CCC(OI)CC2)nn1. The fourth-order valence-corrected chi connectivity index (χ4v) is 3.66. The van der Waals surface area contributed by atoms with Gasteiger partial charge in [0.25, 0.3) is 0 Å². The molecule has 0 aliphatic carbocycles. The largest absolute Gasteiger partial charge is 0.381 e. The zero-order chi connectivity index (χ0) is 23.6. The minimum absolute atomic E-state index is 0.0171. The molecule has 0 unspecified atom stereocenters. The second kappa shape index (κ2) is 18.4. The van der Waals surface area contributed by atoms with Crippen molar-refractivity contribution in [3.63, 3.8) is 0 Å². The van der Waals surface area contributed by atoms with Crippen LogP contribution >= 0.6 is 23.0 Å². The standard InChI is InChI=1S/C20H36IN5O7/c21-33-19-3-6-25(7-4-19)20(27)17-31-14-12-29-11-13-30-16-18-15-26(24-23-18)5-1-8-28-9-2-10-32-22/h15,19H,1-14,16-17,22H2. The number of aromatic nitrogens is 3. The Kier molecular flexibility index (Phi) is 15.8. The molecule has 13 heteroatoms. The number of hydrogen-bond donors (Lipinski definition) is 1. The van der Waals surface area contributed by atoms with Gasteiger partial charge in [0.15, 0.2) is 0 Å². The number of nitrogens with two attached hydrogens (primary N) is 1. The second-order valence-corrected chi connectivity index (χ2v) is 8.06. The summed E-state index contributed by atoms with van der Waals surface area (Å²) in [6.07, 6.45) is 5.49. The number of likely N-dealkylation sites (tertiary alicyclic amines) is 1. The van der Waals surface area contributed by atoms with Crippen LogP contribution in [0.2, 0.25) is 0 Å². The van der Waals surface area contributed by atoms with Crippen LogP contribution in [0.15, 0.2) is 6.20 Å². The molecular weight excluding hydrogens is 549 g/mol. The topological polar surface area (TPSA) is 132 Å². The van der Waals surface area contributed by atoms with Crippen molar-refractivity contribution >= 4 is 28.9 Å². The van der Waals surface area contributed by atoms with E-state index in [9.17, 15) is 4.79 Å². The van der Waals surface area contributed by atoms with Gasteiger partial charge in [0.1, 0.15) is 35.3 Å². The van der Waals surface area contributed by atoms with Crippen molar-refractivity contribution in [2.45, 2.75) is 44.9 Å². The van der Waals surface area contributed by atoms with E-state index in [0.717, 1.165) is 51.0 Å². The van der Waals surface area contributed by atoms with Gasteiger partial charge in [-0.15, -0.1) is 5.10 Å². The van der Waals surface area contributed by atoms with Gasteiger partial charge in [-0.25, -0.2) is 5.90 Å². The first-order valence-electron chi connectivity index (χ1n) is 11.3. The fraction of sp³-hybridized carbons (Fsp3) is 0.850. The van der Waals surface area contributed by atoms with E-state index in [2.05, 4.69) is 15.1 Å². The molecule has 2 heterocycles. The number of aryl methyl sites for hydroxylation is 1. The number of carbonyl (C=O) groups excluding carboxylic acids is 1. The third-order valence-corrected chi connectivity index (χ3v) is 5.67. The van der Waals surface area contributed by atoms with Gasteiger partial charge in [0, 0.05) is 32.8 Å². The maximum atomic E-state index is 12.1. The number of hydrogen-bond acceptors (Lipinski definition) is 10. The molecular formula is C20H36IN5O7. The van der Waals surface area contributed by atoms with E-state index in [1.807, 2.05) is 34.1 Å². The van der Waals surface area contributed by atoms with Crippen LogP contribution < -0.4 is 5.90 Å². The zero-order valence-corrected chi connectivity index (χ0v) is 21.2. The lowest BCUT2D eigenvalue weighted by atomic mass is 10.1. The van der Waals surface area contributed by atoms with Crippen molar-refractivity contribution in [2.24, 2.45) is 5.90 Å². The molecule has 0 spiro atoms. The number of rotatable bonds is 19. The third-order valence-electron chi connectivity index (χ3n) is 4.95. The number of piperidine rings is 1. The summed E-state index contributed by atoms with van der Waals surface area (Å²) < 4.78 is 29.0. The van der Waals surface area contributed by atoms with Gasteiger partial charge < -0.3 is 31.8 Å². The Labute approximate surface area is 208 Å². The number of carbonyl (C=O) groups is 1. The molecule has 0 radical (unpaired) electrons. The zero-order valence-electron chi connectivity index (χ0n) is 19.1. The Morgan fingerprint density at radius 3 is 2.45 bits per heavy atom. The van der Waals surface area contributed by atoms with Gasteiger partial charge in [-0.05, 0) is 25.7 Å². The van der Waals surface area contributed by atoms with Gasteiger partial charge in [-0.1, -0.05) is 5.21 Å². The summed E-state index contributed by atoms with van der Waals surface area (Å²) in [5, 5.41) is 8.17. The van der Waals surface area contributed by atoms with E-state index in [1.165, 1.54) is 0 Å². The van der Waals surface area contributed by atoms with E-state index in [4.69, 9.17) is 27.9 Å². The summed E-state index contributed by atoms with van der Waals surface area (Å²) >= 11 is 1.92. The van der Waals surface area contributed by atoms with Gasteiger partial charge in [0.05, 0.1) is 51.9 Å². The highest BCUT2D eigenvalue weighted by atomic mass is 127. The predicted molar refractivity (Wildman–Crippen MR) is 126 cm³/mol. The van der Waals surface area contributed by atoms with Gasteiger partial charge in [0.2, 0.25) is 5.91 Å². The fourth-order valence-electron chi connectivity index (χ4n) is 3.15. The Morgan fingerprint density at radius 2 is 1.70 bits per heavy atom. The first-order valence-corrected chi connectivity index (χ1v) is 12.2. The highest BCUT2D eigenvalue weighted by Gasteiger charge is 2.22. The lowest BCUT2D eigenvalue weighted by Crippen LogP contribution is -2.42. The van der Waals surface area contributed by atoms with Crippen LogP contribution in [0.25, 0.3) is 0 Å². The Morgan fingerprint density at radius 1 is 1.00 bits per heavy atom. The van der Waals surface area contributed by atoms with Crippen LogP contribution in [-0.2, 0) is 44.8 Å². The summed E-state index contributed by atoms with van der Waals surface area (Å²) in [5.41, 5.74) is 0.770. The molecule has 0 bridgehead atoms. The minimum atomic E-state index is 0.0171. The van der Waals surface area contributed by atoms with Crippen LogP contribution in [0.3, 0.4) is 0 Å². The molecule has 1 aliphatic rings. The second-order valence-electron chi connectivity index (χ2n) is 7.55. The normalized spacial score (nSPS) is 14.8. The molecule has 2 N–H and O–H groups in total. The third kappa shape index (κ3) is 12.9. The molecule has 1 aliphatic heterocycles. The number of amides is 1. The Hall–Kier alpha value is -0.940. The van der Waals surface area contributed by atoms with E-state index < -0.39 is 0 Å². The highest BCUT2D eigenvalue weighted by Crippen LogP contribution is 2.15. The maximum absolute atomic E-state index is 12.1. The summed E-state index contributed by atoms with van der Waals surface area (Å²) in [5.74, 6) is 4.97. The van der Waals surface area contributed by atoms with Crippen molar-refractivity contribution in [2.75, 3.05) is 65.9 Å². The highest BCUT2D eigenvalue weighted by molar-refractivity contribution is 14.1. The lowest BCUT2D eigenvalue weighted by Gasteiger charge is -2.30. The van der Waals surface area contributed by atoms with Gasteiger partial charge >= 0.3 is 0 Å². The molecule has 1 saturated heterocycles. The summed E-state index contributed by atoms with van der Waals surface area (Å²) in [4.78, 5) is 18.4. The van der Waals surface area contributed by atoms with Crippen LogP contribution in [0, 0.1) is 0 Å². The average Bonchev–Trinajstić information content (AvgIpc) is 3.30. The molecule has 0 aromatic carbocycles. The van der Waals surface area contributed by atoms with E-state index >= 15 is 0 Å². The molecule has 1 aromatic rings. The van der Waals surface area contributed by atoms with Gasteiger partial charge in [-0.3, -0.25) is 9.48 Å². The monoisotopic (exact) mass is 585 g/mol. The predicted octanol–water partition coefficient (Wildman–Crippen LogP) is 0.873. The van der Waals surface area contributed by atoms with Crippen molar-refractivity contribution in [3.05, 3.63) is 11.9 Å². The Balaban J connectivity index is 1.38. The molecule has 12 nitrogen and oxygen atoms in total. The van der Waals surface area contributed by atoms with Crippen molar-refractivity contribution in [1.82, 2.24) is 19.9 Å². The van der Waals surface area contributed by atoms with E-state index in [0.29, 0.717) is 52.9 Å². The average molecular weight is 585 g/mol. The van der Waals surface area contributed by atoms with Crippen molar-refractivity contribution in [1.29, 1.82) is 0 Å². The smallest absolute Gasteiger partial charge is 0.248 e. The number of nitrogens with zero attached hydrogens (tertiary/aromatic N) is 4. The molecule has 0 saturated carbocycles. The first-order chi connectivity index (χ1) is 16.2. The minimum Gasteiger partial charge on any atom is -0.381 e. The molecule has 33 heavy (non-hydrogen) atoms. The summed E-state index contributed by atoms with van der Waals surface area (Å²) in [7, 11) is 0. The Bertz CT molecular complexity index is 632. The van der Waals surface area contributed by atoms with E-state index in [1.54, 1.807) is 4.68 Å². The number of halogens is 1.